The Morgan fingerprint density at radius 2 is 1.40 bits per heavy atom. The van der Waals surface area contributed by atoms with Crippen molar-refractivity contribution < 1.29 is 34.9 Å². The summed E-state index contributed by atoms with van der Waals surface area (Å²) in [5.41, 5.74) is 1.48. The molecule has 10 heteroatoms. The van der Waals surface area contributed by atoms with Gasteiger partial charge < -0.3 is 4.55 Å². The third-order valence-corrected chi connectivity index (χ3v) is 5.54. The molecule has 0 aliphatic heterocycles. The molecule has 3 rings (SSSR count). The second-order valence-corrected chi connectivity index (χ2v) is 8.91. The van der Waals surface area contributed by atoms with Gasteiger partial charge in [-0.15, -0.1) is 4.39 Å². The number of halogens is 1. The molecule has 0 aliphatic carbocycles. The molecule has 162 valence electrons. The van der Waals surface area contributed by atoms with Crippen molar-refractivity contribution in [3.05, 3.63) is 90.0 Å². The van der Waals surface area contributed by atoms with Crippen LogP contribution >= 0.6 is 0 Å². The van der Waals surface area contributed by atoms with Gasteiger partial charge in [-0.2, -0.15) is 13.0 Å². The van der Waals surface area contributed by atoms with Crippen molar-refractivity contribution in [3.63, 3.8) is 0 Å². The summed E-state index contributed by atoms with van der Waals surface area (Å²) in [6.45, 7) is 3.45. The van der Waals surface area contributed by atoms with Crippen molar-refractivity contribution in [2.45, 2.75) is 23.6 Å². The first-order chi connectivity index (χ1) is 13.8. The van der Waals surface area contributed by atoms with Crippen molar-refractivity contribution in [2.75, 3.05) is 0 Å². The van der Waals surface area contributed by atoms with E-state index >= 15 is 0 Å². The van der Waals surface area contributed by atoms with E-state index in [1.165, 1.54) is 28.8 Å². The van der Waals surface area contributed by atoms with Crippen molar-refractivity contribution in [1.29, 1.82) is 0 Å². The zero-order valence-corrected chi connectivity index (χ0v) is 18.2. The molecule has 0 amide bonds. The van der Waals surface area contributed by atoms with Gasteiger partial charge in [-0.25, -0.2) is 8.42 Å². The molecule has 0 spiro atoms. The molecule has 0 bridgehead atoms. The number of hydrogen-bond acceptors (Lipinski definition) is 5. The number of rotatable bonds is 2. The van der Waals surface area contributed by atoms with Crippen molar-refractivity contribution in [3.8, 4) is 0 Å². The molecule has 0 saturated carbocycles. The lowest BCUT2D eigenvalue weighted by atomic mass is 10.2. The van der Waals surface area contributed by atoms with Gasteiger partial charge in [0.1, 0.15) is 17.2 Å². The van der Waals surface area contributed by atoms with Crippen LogP contribution in [0.15, 0.2) is 82.7 Å². The second kappa shape index (κ2) is 10.9. The van der Waals surface area contributed by atoms with Crippen LogP contribution in [-0.2, 0) is 27.3 Å². The minimum atomic E-state index is -4.27. The van der Waals surface area contributed by atoms with E-state index in [9.17, 15) is 25.8 Å². The highest BCUT2D eigenvalue weighted by molar-refractivity contribution is 7.86. The molecular formula is C20H22FNO6S2. The fraction of sp³-hybridized carbons (Fsp3) is 0.150. The summed E-state index contributed by atoms with van der Waals surface area (Å²) in [6, 6.07) is 16.9. The Kier molecular flexibility index (Phi) is 9.24. The predicted molar refractivity (Wildman–Crippen MR) is 108 cm³/mol. The Morgan fingerprint density at radius 1 is 0.867 bits per heavy atom. The number of hydrogen-bond donors (Lipinski definition) is 1. The van der Waals surface area contributed by atoms with Gasteiger partial charge in [0.15, 0.2) is 6.20 Å². The van der Waals surface area contributed by atoms with E-state index in [2.05, 4.69) is 0 Å². The van der Waals surface area contributed by atoms with Crippen molar-refractivity contribution in [1.82, 2.24) is 0 Å². The van der Waals surface area contributed by atoms with Crippen LogP contribution < -0.4 is 4.57 Å². The standard InChI is InChI=1S/2C7H8O3S.C6H7FN/c1-6-2-4-7(5-3-6)11(8,9)10;1-6-4-2-3-5-7(6)11(8,9)10;1-8-5-3-2-4-6(8)7/h2*2-5H,1H3,(H,8,9,10);2-5H,1H3/q;;+1/p-1. The van der Waals surface area contributed by atoms with Gasteiger partial charge >= 0.3 is 5.95 Å². The monoisotopic (exact) mass is 455 g/mol. The first kappa shape index (κ1) is 25.4. The highest BCUT2D eigenvalue weighted by Crippen LogP contribution is 2.12. The minimum absolute atomic E-state index is 0.0278. The molecular weight excluding hydrogens is 433 g/mol. The summed E-state index contributed by atoms with van der Waals surface area (Å²) in [4.78, 5) is -0.205. The maximum absolute atomic E-state index is 12.3. The Bertz CT molecular complexity index is 1160. The summed E-state index contributed by atoms with van der Waals surface area (Å²) in [5.74, 6) is -0.215. The van der Waals surface area contributed by atoms with E-state index in [1.807, 2.05) is 6.92 Å². The van der Waals surface area contributed by atoms with Gasteiger partial charge in [0.25, 0.3) is 10.1 Å². The average Bonchev–Trinajstić information content (AvgIpc) is 2.64. The zero-order valence-electron chi connectivity index (χ0n) is 16.6. The molecule has 0 radical (unpaired) electrons. The second-order valence-electron chi connectivity index (χ2n) is 6.14. The third kappa shape index (κ3) is 8.78. The molecule has 7 nitrogen and oxygen atoms in total. The number of aromatic nitrogens is 1. The van der Waals surface area contributed by atoms with E-state index in [1.54, 1.807) is 62.6 Å². The van der Waals surface area contributed by atoms with Crippen LogP contribution in [0.25, 0.3) is 0 Å². The number of pyridine rings is 1. The van der Waals surface area contributed by atoms with Gasteiger partial charge in [-0.05, 0) is 43.7 Å². The number of aryl methyl sites for hydroxylation is 3. The van der Waals surface area contributed by atoms with Crippen LogP contribution in [0.3, 0.4) is 0 Å². The SMILES string of the molecule is C[n+]1ccccc1F.Cc1ccc(S(=O)(=O)[O-])cc1.Cc1ccccc1S(=O)(=O)O. The van der Waals surface area contributed by atoms with Crippen LogP contribution in [0.2, 0.25) is 0 Å². The smallest absolute Gasteiger partial charge is 0.359 e. The van der Waals surface area contributed by atoms with E-state index in [0.29, 0.717) is 5.56 Å². The fourth-order valence-electron chi connectivity index (χ4n) is 2.05. The zero-order chi connectivity index (χ0) is 22.9. The summed E-state index contributed by atoms with van der Waals surface area (Å²) < 4.78 is 74.7. The maximum Gasteiger partial charge on any atom is 0.359 e. The lowest BCUT2D eigenvalue weighted by Crippen LogP contribution is -2.31. The van der Waals surface area contributed by atoms with E-state index in [-0.39, 0.29) is 15.7 Å². The highest BCUT2D eigenvalue weighted by Gasteiger charge is 2.10. The number of nitrogens with zero attached hydrogens (tertiary/aromatic N) is 1. The van der Waals surface area contributed by atoms with Gasteiger partial charge in [0, 0.05) is 12.1 Å². The van der Waals surface area contributed by atoms with Crippen LogP contribution in [0.5, 0.6) is 0 Å². The molecule has 0 saturated heterocycles. The fourth-order valence-corrected chi connectivity index (χ4v) is 3.25. The summed E-state index contributed by atoms with van der Waals surface area (Å²) in [5, 5.41) is 0. The van der Waals surface area contributed by atoms with E-state index in [0.717, 1.165) is 5.56 Å². The molecule has 0 unspecified atom stereocenters. The normalized spacial score (nSPS) is 10.9. The molecule has 1 heterocycles. The molecule has 1 aromatic heterocycles. The first-order valence-electron chi connectivity index (χ1n) is 8.48. The van der Waals surface area contributed by atoms with Crippen LogP contribution in [0.1, 0.15) is 11.1 Å². The molecule has 3 aromatic rings. The van der Waals surface area contributed by atoms with Gasteiger partial charge in [0.05, 0.1) is 9.79 Å². The van der Waals surface area contributed by atoms with Crippen LogP contribution in [0, 0.1) is 19.8 Å². The predicted octanol–water partition coefficient (Wildman–Crippen LogP) is 2.79. The van der Waals surface area contributed by atoms with Crippen LogP contribution in [-0.4, -0.2) is 25.9 Å². The minimum Gasteiger partial charge on any atom is -0.744 e. The summed E-state index contributed by atoms with van der Waals surface area (Å²) in [6.07, 6.45) is 1.66. The molecule has 0 aliphatic rings. The summed E-state index contributed by atoms with van der Waals surface area (Å²) >= 11 is 0. The van der Waals surface area contributed by atoms with Gasteiger partial charge in [-0.3, -0.25) is 4.55 Å². The van der Waals surface area contributed by atoms with Crippen molar-refractivity contribution >= 4 is 20.2 Å². The van der Waals surface area contributed by atoms with Crippen LogP contribution in [0.4, 0.5) is 4.39 Å². The lowest BCUT2D eigenvalue weighted by Gasteiger charge is -2.05. The van der Waals surface area contributed by atoms with Crippen molar-refractivity contribution in [2.24, 2.45) is 7.05 Å². The third-order valence-electron chi connectivity index (χ3n) is 3.67. The van der Waals surface area contributed by atoms with Gasteiger partial charge in [0.2, 0.25) is 0 Å². The highest BCUT2D eigenvalue weighted by atomic mass is 32.2. The lowest BCUT2D eigenvalue weighted by molar-refractivity contribution is -0.700. The molecule has 0 atom stereocenters. The number of benzene rings is 2. The molecule has 30 heavy (non-hydrogen) atoms. The molecule has 0 fully saturated rings. The first-order valence-corrected chi connectivity index (χ1v) is 11.3. The van der Waals surface area contributed by atoms with Gasteiger partial charge in [-0.1, -0.05) is 35.9 Å². The summed E-state index contributed by atoms with van der Waals surface area (Å²) in [7, 11) is -6.64. The average molecular weight is 456 g/mol. The largest absolute Gasteiger partial charge is 0.744 e. The Labute approximate surface area is 176 Å². The maximum atomic E-state index is 12.3. The Morgan fingerprint density at radius 3 is 1.77 bits per heavy atom. The molecule has 2 aromatic carbocycles. The quantitative estimate of drug-likeness (QED) is 0.361. The van der Waals surface area contributed by atoms with E-state index < -0.39 is 20.2 Å². The topological polar surface area (TPSA) is 115 Å². The Hall–Kier alpha value is -2.66. The van der Waals surface area contributed by atoms with E-state index in [4.69, 9.17) is 4.55 Å². The molecule has 1 N–H and O–H groups in total. The Balaban J connectivity index is 0.000000228.